The second-order valence-electron chi connectivity index (χ2n) is 3.73. The van der Waals surface area contributed by atoms with Crippen LogP contribution >= 0.6 is 0 Å². The molecule has 7 heteroatoms. The molecule has 0 aromatic heterocycles. The lowest BCUT2D eigenvalue weighted by Crippen LogP contribution is -2.32. The molecule has 0 aliphatic rings. The molecule has 0 saturated carbocycles. The number of nitrogens with one attached hydrogen (secondary N) is 1. The summed E-state index contributed by atoms with van der Waals surface area (Å²) in [6.07, 6.45) is -1.02. The normalized spacial score (nSPS) is 13.7. The molecule has 1 aromatic rings. The summed E-state index contributed by atoms with van der Waals surface area (Å²) in [5.41, 5.74) is 5.80. The molecule has 0 aliphatic carbocycles. The zero-order chi connectivity index (χ0) is 13.7. The number of anilines is 1. The first-order valence-electron chi connectivity index (χ1n) is 5.15. The number of carbonyl (C=O) groups is 2. The molecule has 0 heterocycles. The maximum atomic E-state index is 10.6. The lowest BCUT2D eigenvalue weighted by Gasteiger charge is -2.17. The van der Waals surface area contributed by atoms with Crippen molar-refractivity contribution in [1.29, 1.82) is 0 Å². The van der Waals surface area contributed by atoms with E-state index in [0.717, 1.165) is 0 Å². The third-order valence-corrected chi connectivity index (χ3v) is 2.40. The molecule has 18 heavy (non-hydrogen) atoms. The zero-order valence-corrected chi connectivity index (χ0v) is 9.41. The zero-order valence-electron chi connectivity index (χ0n) is 9.41. The van der Waals surface area contributed by atoms with E-state index in [4.69, 9.17) is 10.8 Å². The van der Waals surface area contributed by atoms with Crippen LogP contribution in [0.5, 0.6) is 5.75 Å². The third-order valence-electron chi connectivity index (χ3n) is 2.40. The predicted octanol–water partition coefficient (Wildman–Crippen LogP) is -0.204. The van der Waals surface area contributed by atoms with E-state index in [2.05, 4.69) is 5.32 Å². The Bertz CT molecular complexity index is 449. The molecule has 1 amide bonds. The molecule has 0 bridgehead atoms. The molecule has 2 unspecified atom stereocenters. The molecule has 7 nitrogen and oxygen atoms in total. The van der Waals surface area contributed by atoms with Gasteiger partial charge in [-0.25, -0.2) is 0 Å². The number of benzene rings is 1. The molecule has 0 fully saturated rings. The van der Waals surface area contributed by atoms with Crippen LogP contribution in [0.4, 0.5) is 5.69 Å². The molecule has 6 N–H and O–H groups in total. The van der Waals surface area contributed by atoms with Crippen LogP contribution in [0.2, 0.25) is 0 Å². The van der Waals surface area contributed by atoms with Crippen LogP contribution in [0.25, 0.3) is 0 Å². The van der Waals surface area contributed by atoms with Crippen LogP contribution in [0.3, 0.4) is 0 Å². The van der Waals surface area contributed by atoms with Gasteiger partial charge in [0.15, 0.2) is 0 Å². The maximum Gasteiger partial charge on any atom is 0.320 e. The van der Waals surface area contributed by atoms with Crippen LogP contribution in [-0.2, 0) is 9.59 Å². The number of carbonyl (C=O) groups excluding carboxylic acids is 1. The smallest absolute Gasteiger partial charge is 0.320 e. The van der Waals surface area contributed by atoms with Crippen LogP contribution in [-0.4, -0.2) is 33.7 Å². The Kier molecular flexibility index (Phi) is 4.64. The number of aliphatic hydroxyl groups excluding tert-OH is 1. The molecule has 2 atom stereocenters. The van der Waals surface area contributed by atoms with E-state index in [1.165, 1.54) is 18.2 Å². The number of aliphatic hydroxyl groups is 1. The number of aromatic hydroxyl groups is 1. The molecular formula is C11H14N2O5. The lowest BCUT2D eigenvalue weighted by atomic mass is 10.0. The largest absolute Gasteiger partial charge is 0.508 e. The van der Waals surface area contributed by atoms with Gasteiger partial charge in [0.05, 0.1) is 6.10 Å². The van der Waals surface area contributed by atoms with Gasteiger partial charge < -0.3 is 26.4 Å². The molecule has 0 spiro atoms. The first-order chi connectivity index (χ1) is 8.45. The summed E-state index contributed by atoms with van der Waals surface area (Å²) >= 11 is 0. The van der Waals surface area contributed by atoms with Crippen molar-refractivity contribution >= 4 is 18.1 Å². The van der Waals surface area contributed by atoms with E-state index in [-0.39, 0.29) is 23.4 Å². The van der Waals surface area contributed by atoms with E-state index in [1.54, 1.807) is 0 Å². The number of hydrogen-bond donors (Lipinski definition) is 5. The summed E-state index contributed by atoms with van der Waals surface area (Å²) in [6, 6.07) is 2.74. The average molecular weight is 254 g/mol. The van der Waals surface area contributed by atoms with Gasteiger partial charge in [0, 0.05) is 17.7 Å². The number of carboxylic acids is 1. The third kappa shape index (κ3) is 3.44. The Morgan fingerprint density at radius 3 is 2.72 bits per heavy atom. The predicted molar refractivity (Wildman–Crippen MR) is 63.0 cm³/mol. The standard InChI is InChI=1S/C11H14N2O5/c12-8(11(17)18)4-10(16)7-3-6(15)1-2-9(7)13-5-14/h1-3,5,8,10,15-16H,4,12H2,(H,13,14)(H,17,18). The molecule has 0 aliphatic heterocycles. The Morgan fingerprint density at radius 2 is 2.17 bits per heavy atom. The fraction of sp³-hybridized carbons (Fsp3) is 0.273. The van der Waals surface area contributed by atoms with Crippen molar-refractivity contribution in [3.8, 4) is 5.75 Å². The van der Waals surface area contributed by atoms with E-state index in [9.17, 15) is 19.8 Å². The number of phenols is 1. The molecule has 1 aromatic carbocycles. The number of phenolic OH excluding ortho intramolecular Hbond substituents is 1. The number of hydrogen-bond acceptors (Lipinski definition) is 5. The summed E-state index contributed by atoms with van der Waals surface area (Å²) in [4.78, 5) is 21.0. The van der Waals surface area contributed by atoms with Gasteiger partial charge in [0.25, 0.3) is 0 Å². The van der Waals surface area contributed by atoms with E-state index < -0.39 is 18.1 Å². The summed E-state index contributed by atoms with van der Waals surface area (Å²) in [6.45, 7) is 0. The van der Waals surface area contributed by atoms with Gasteiger partial charge in [0.2, 0.25) is 6.41 Å². The molecule has 98 valence electrons. The summed E-state index contributed by atoms with van der Waals surface area (Å²) in [7, 11) is 0. The Labute approximate surface area is 103 Å². The van der Waals surface area contributed by atoms with Crippen LogP contribution in [0.15, 0.2) is 18.2 Å². The van der Waals surface area contributed by atoms with E-state index >= 15 is 0 Å². The van der Waals surface area contributed by atoms with Crippen molar-refractivity contribution in [2.24, 2.45) is 5.73 Å². The van der Waals surface area contributed by atoms with Crippen molar-refractivity contribution < 1.29 is 24.9 Å². The average Bonchev–Trinajstić information content (AvgIpc) is 2.31. The van der Waals surface area contributed by atoms with Crippen LogP contribution < -0.4 is 11.1 Å². The molecule has 0 radical (unpaired) electrons. The number of amides is 1. The van der Waals surface area contributed by atoms with Crippen molar-refractivity contribution in [2.45, 2.75) is 18.6 Å². The number of aliphatic carboxylic acids is 1. The molecule has 0 saturated heterocycles. The van der Waals surface area contributed by atoms with Gasteiger partial charge in [-0.1, -0.05) is 0 Å². The topological polar surface area (TPSA) is 133 Å². The number of carboxylic acid groups (broad SMARTS) is 1. The SMILES string of the molecule is NC(CC(O)c1cc(O)ccc1NC=O)C(=O)O. The highest BCUT2D eigenvalue weighted by atomic mass is 16.4. The quantitative estimate of drug-likeness (QED) is 0.352. The second kappa shape index (κ2) is 5.99. The minimum Gasteiger partial charge on any atom is -0.508 e. The fourth-order valence-corrected chi connectivity index (χ4v) is 1.49. The Balaban J connectivity index is 2.95. The maximum absolute atomic E-state index is 10.6. The van der Waals surface area contributed by atoms with Gasteiger partial charge in [-0.15, -0.1) is 0 Å². The van der Waals surface area contributed by atoms with Crippen molar-refractivity contribution in [3.63, 3.8) is 0 Å². The minimum absolute atomic E-state index is 0.107. The van der Waals surface area contributed by atoms with Gasteiger partial charge in [-0.3, -0.25) is 9.59 Å². The van der Waals surface area contributed by atoms with E-state index in [0.29, 0.717) is 6.41 Å². The lowest BCUT2D eigenvalue weighted by molar-refractivity contribution is -0.139. The Hall–Kier alpha value is -2.12. The number of rotatable bonds is 6. The minimum atomic E-state index is -1.24. The van der Waals surface area contributed by atoms with Crippen molar-refractivity contribution in [1.82, 2.24) is 0 Å². The van der Waals surface area contributed by atoms with Crippen LogP contribution in [0.1, 0.15) is 18.1 Å². The Morgan fingerprint density at radius 1 is 1.50 bits per heavy atom. The first kappa shape index (κ1) is 13.9. The van der Waals surface area contributed by atoms with E-state index in [1.807, 2.05) is 0 Å². The fourth-order valence-electron chi connectivity index (χ4n) is 1.49. The first-order valence-corrected chi connectivity index (χ1v) is 5.15. The van der Waals surface area contributed by atoms with Crippen molar-refractivity contribution in [2.75, 3.05) is 5.32 Å². The highest BCUT2D eigenvalue weighted by molar-refractivity contribution is 5.75. The van der Waals surface area contributed by atoms with Gasteiger partial charge >= 0.3 is 5.97 Å². The van der Waals surface area contributed by atoms with Crippen LogP contribution in [0, 0.1) is 0 Å². The van der Waals surface area contributed by atoms with Gasteiger partial charge in [0.1, 0.15) is 11.8 Å². The van der Waals surface area contributed by atoms with Gasteiger partial charge in [-0.05, 0) is 18.2 Å². The van der Waals surface area contributed by atoms with Gasteiger partial charge in [-0.2, -0.15) is 0 Å². The summed E-state index contributed by atoms with van der Waals surface area (Å²) < 4.78 is 0. The molecular weight excluding hydrogens is 240 g/mol. The highest BCUT2D eigenvalue weighted by Crippen LogP contribution is 2.29. The monoisotopic (exact) mass is 254 g/mol. The summed E-state index contributed by atoms with van der Waals surface area (Å²) in [5, 5.41) is 30.2. The number of nitrogens with two attached hydrogens (primary N) is 1. The summed E-state index contributed by atoms with van der Waals surface area (Å²) in [5.74, 6) is -1.34. The highest BCUT2D eigenvalue weighted by Gasteiger charge is 2.20. The molecule has 1 rings (SSSR count). The van der Waals surface area contributed by atoms with Crippen molar-refractivity contribution in [3.05, 3.63) is 23.8 Å². The second-order valence-corrected chi connectivity index (χ2v) is 3.73.